The predicted octanol–water partition coefficient (Wildman–Crippen LogP) is 2.40. The maximum atomic E-state index is 12.1. The van der Waals surface area contributed by atoms with Crippen molar-refractivity contribution in [3.63, 3.8) is 0 Å². The molecule has 23 heavy (non-hydrogen) atoms. The van der Waals surface area contributed by atoms with Crippen molar-refractivity contribution in [2.45, 2.75) is 63.6 Å². The molecule has 1 aromatic heterocycles. The Kier molecular flexibility index (Phi) is 6.08. The summed E-state index contributed by atoms with van der Waals surface area (Å²) in [4.78, 5) is 15.8. The summed E-state index contributed by atoms with van der Waals surface area (Å²) in [5.74, 6) is 0.168. The van der Waals surface area contributed by atoms with Crippen molar-refractivity contribution in [3.8, 4) is 0 Å². The summed E-state index contributed by atoms with van der Waals surface area (Å²) < 4.78 is 0. The van der Waals surface area contributed by atoms with Crippen LogP contribution in [0, 0.1) is 0 Å². The second-order valence-electron chi connectivity index (χ2n) is 6.90. The fourth-order valence-electron chi connectivity index (χ4n) is 3.64. The zero-order valence-electron chi connectivity index (χ0n) is 14.1. The van der Waals surface area contributed by atoms with E-state index < -0.39 is 0 Å². The standard InChI is InChI=1S/C18H29N3OS/c1-2-9-21-10-7-14(8-11-21)19-16-5-6-17(16)20-18(22)13-15-4-3-12-23-15/h3-4,12,14,16-17,19H,2,5-11,13H2,1H3,(H,20,22)/t16-,17+/m1/s1. The summed E-state index contributed by atoms with van der Waals surface area (Å²) >= 11 is 1.66. The zero-order valence-corrected chi connectivity index (χ0v) is 14.9. The van der Waals surface area contributed by atoms with Crippen molar-refractivity contribution in [2.75, 3.05) is 19.6 Å². The van der Waals surface area contributed by atoms with Gasteiger partial charge in [0.15, 0.2) is 0 Å². The number of carbonyl (C=O) groups is 1. The first-order chi connectivity index (χ1) is 11.2. The van der Waals surface area contributed by atoms with Crippen LogP contribution in [0.4, 0.5) is 0 Å². The predicted molar refractivity (Wildman–Crippen MR) is 95.9 cm³/mol. The van der Waals surface area contributed by atoms with E-state index in [0.717, 1.165) is 11.3 Å². The van der Waals surface area contributed by atoms with Gasteiger partial charge in [0.25, 0.3) is 0 Å². The van der Waals surface area contributed by atoms with Crippen LogP contribution in [-0.4, -0.2) is 48.6 Å². The first-order valence-electron chi connectivity index (χ1n) is 9.04. The van der Waals surface area contributed by atoms with Crippen molar-refractivity contribution in [1.29, 1.82) is 0 Å². The van der Waals surface area contributed by atoms with E-state index in [0.29, 0.717) is 24.5 Å². The van der Waals surface area contributed by atoms with Gasteiger partial charge in [0, 0.05) is 23.0 Å². The molecule has 4 nitrogen and oxygen atoms in total. The smallest absolute Gasteiger partial charge is 0.225 e. The van der Waals surface area contributed by atoms with Crippen LogP contribution in [0.5, 0.6) is 0 Å². The molecule has 1 aliphatic heterocycles. The molecule has 2 heterocycles. The quantitative estimate of drug-likeness (QED) is 0.804. The summed E-state index contributed by atoms with van der Waals surface area (Å²) in [5.41, 5.74) is 0. The first kappa shape index (κ1) is 16.9. The van der Waals surface area contributed by atoms with Gasteiger partial charge in [-0.2, -0.15) is 0 Å². The third kappa shape index (κ3) is 4.78. The maximum Gasteiger partial charge on any atom is 0.225 e. The van der Waals surface area contributed by atoms with Gasteiger partial charge in [-0.25, -0.2) is 0 Å². The average Bonchev–Trinajstić information content (AvgIpc) is 3.04. The molecule has 1 aromatic rings. The van der Waals surface area contributed by atoms with Crippen LogP contribution in [0.25, 0.3) is 0 Å². The molecule has 1 aliphatic carbocycles. The lowest BCUT2D eigenvalue weighted by Gasteiger charge is -2.42. The van der Waals surface area contributed by atoms with Gasteiger partial charge >= 0.3 is 0 Å². The molecular weight excluding hydrogens is 306 g/mol. The number of hydrogen-bond donors (Lipinski definition) is 2. The van der Waals surface area contributed by atoms with Crippen molar-refractivity contribution in [1.82, 2.24) is 15.5 Å². The molecule has 2 fully saturated rings. The molecule has 5 heteroatoms. The molecule has 0 unspecified atom stereocenters. The van der Waals surface area contributed by atoms with Gasteiger partial charge in [-0.15, -0.1) is 11.3 Å². The van der Waals surface area contributed by atoms with Crippen molar-refractivity contribution >= 4 is 17.2 Å². The molecule has 1 amide bonds. The van der Waals surface area contributed by atoms with Crippen molar-refractivity contribution in [3.05, 3.63) is 22.4 Å². The lowest BCUT2D eigenvalue weighted by molar-refractivity contribution is -0.122. The van der Waals surface area contributed by atoms with E-state index in [9.17, 15) is 4.79 Å². The Bertz CT molecular complexity index is 482. The maximum absolute atomic E-state index is 12.1. The molecular formula is C18H29N3OS. The summed E-state index contributed by atoms with van der Waals surface area (Å²) in [6.45, 7) is 5.92. The number of likely N-dealkylation sites (tertiary alicyclic amines) is 1. The molecule has 2 aliphatic rings. The number of thiophene rings is 1. The second kappa shape index (κ2) is 8.27. The molecule has 0 aromatic carbocycles. The van der Waals surface area contributed by atoms with Crippen LogP contribution in [0.15, 0.2) is 17.5 Å². The van der Waals surface area contributed by atoms with Gasteiger partial charge in [0.05, 0.1) is 6.42 Å². The molecule has 2 atom stereocenters. The molecule has 0 radical (unpaired) electrons. The van der Waals surface area contributed by atoms with Crippen molar-refractivity contribution < 1.29 is 4.79 Å². The Labute approximate surface area is 143 Å². The van der Waals surface area contributed by atoms with Crippen LogP contribution in [-0.2, 0) is 11.2 Å². The lowest BCUT2D eigenvalue weighted by atomic mass is 9.85. The Balaban J connectivity index is 1.37. The van der Waals surface area contributed by atoms with E-state index in [1.54, 1.807) is 11.3 Å². The summed E-state index contributed by atoms with van der Waals surface area (Å²) in [6, 6.07) is 5.47. The Morgan fingerprint density at radius 1 is 1.26 bits per heavy atom. The minimum atomic E-state index is 0.168. The molecule has 2 N–H and O–H groups in total. The van der Waals surface area contributed by atoms with Gasteiger partial charge in [-0.05, 0) is 63.2 Å². The van der Waals surface area contributed by atoms with E-state index in [1.165, 1.54) is 45.3 Å². The third-order valence-corrected chi connectivity index (χ3v) is 5.99. The number of piperidine rings is 1. The molecule has 3 rings (SSSR count). The molecule has 0 bridgehead atoms. The van der Waals surface area contributed by atoms with Crippen LogP contribution >= 0.6 is 11.3 Å². The topological polar surface area (TPSA) is 44.4 Å². The Morgan fingerprint density at radius 3 is 2.65 bits per heavy atom. The van der Waals surface area contributed by atoms with Gasteiger partial charge in [-0.1, -0.05) is 13.0 Å². The van der Waals surface area contributed by atoms with Gasteiger partial charge in [-0.3, -0.25) is 4.79 Å². The lowest BCUT2D eigenvalue weighted by Crippen LogP contribution is -2.60. The van der Waals surface area contributed by atoms with E-state index in [1.807, 2.05) is 17.5 Å². The number of carbonyl (C=O) groups excluding carboxylic acids is 1. The van der Waals surface area contributed by atoms with E-state index in [-0.39, 0.29) is 5.91 Å². The highest BCUT2D eigenvalue weighted by Crippen LogP contribution is 2.23. The minimum absolute atomic E-state index is 0.168. The van der Waals surface area contributed by atoms with Gasteiger partial charge in [0.1, 0.15) is 0 Å². The summed E-state index contributed by atoms with van der Waals surface area (Å²) in [5, 5.41) is 9.04. The monoisotopic (exact) mass is 335 g/mol. The Morgan fingerprint density at radius 2 is 2.04 bits per heavy atom. The number of nitrogens with one attached hydrogen (secondary N) is 2. The van der Waals surface area contributed by atoms with Crippen LogP contribution in [0.3, 0.4) is 0 Å². The summed E-state index contributed by atoms with van der Waals surface area (Å²) in [6.07, 6.45) is 6.57. The molecule has 1 saturated heterocycles. The highest BCUT2D eigenvalue weighted by Gasteiger charge is 2.34. The second-order valence-corrected chi connectivity index (χ2v) is 7.93. The minimum Gasteiger partial charge on any atom is -0.351 e. The van der Waals surface area contributed by atoms with Gasteiger partial charge in [0.2, 0.25) is 5.91 Å². The Hall–Kier alpha value is -0.910. The SMILES string of the molecule is CCCN1CCC(N[C@@H]2CC[C@@H]2NC(=O)Cc2cccs2)CC1. The first-order valence-corrected chi connectivity index (χ1v) is 9.92. The number of nitrogens with zero attached hydrogens (tertiary/aromatic N) is 1. The average molecular weight is 336 g/mol. The molecule has 1 saturated carbocycles. The molecule has 128 valence electrons. The van der Waals surface area contributed by atoms with E-state index in [2.05, 4.69) is 22.5 Å². The van der Waals surface area contributed by atoms with Crippen molar-refractivity contribution in [2.24, 2.45) is 0 Å². The largest absolute Gasteiger partial charge is 0.351 e. The van der Waals surface area contributed by atoms with E-state index in [4.69, 9.17) is 0 Å². The zero-order chi connectivity index (χ0) is 16.1. The van der Waals surface area contributed by atoms with Crippen LogP contribution < -0.4 is 10.6 Å². The fraction of sp³-hybridized carbons (Fsp3) is 0.722. The van der Waals surface area contributed by atoms with Crippen LogP contribution in [0.2, 0.25) is 0 Å². The molecule has 0 spiro atoms. The third-order valence-electron chi connectivity index (χ3n) is 5.11. The number of amides is 1. The highest BCUT2D eigenvalue weighted by molar-refractivity contribution is 7.10. The highest BCUT2D eigenvalue weighted by atomic mass is 32.1. The van der Waals surface area contributed by atoms with Gasteiger partial charge < -0.3 is 15.5 Å². The van der Waals surface area contributed by atoms with Crippen LogP contribution in [0.1, 0.15) is 43.9 Å². The number of rotatable bonds is 7. The summed E-state index contributed by atoms with van der Waals surface area (Å²) in [7, 11) is 0. The normalized spacial score (nSPS) is 26.0. The number of hydrogen-bond acceptors (Lipinski definition) is 4. The fourth-order valence-corrected chi connectivity index (χ4v) is 4.35. The van der Waals surface area contributed by atoms with E-state index >= 15 is 0 Å².